The van der Waals surface area contributed by atoms with Gasteiger partial charge in [0.2, 0.25) is 0 Å². The van der Waals surface area contributed by atoms with Crippen LogP contribution in [-0.4, -0.2) is 26.7 Å². The first-order valence-electron chi connectivity index (χ1n) is 4.62. The van der Waals surface area contributed by atoms with E-state index in [1.807, 2.05) is 0 Å². The molecule has 0 spiro atoms. The number of nitro groups is 1. The minimum atomic E-state index is -2.11. The van der Waals surface area contributed by atoms with Crippen molar-refractivity contribution in [2.75, 3.05) is 0 Å². The molecule has 1 aromatic rings. The monoisotopic (exact) mass is 243 g/mol. The van der Waals surface area contributed by atoms with E-state index in [1.165, 1.54) is 0 Å². The van der Waals surface area contributed by atoms with Crippen molar-refractivity contribution in [1.82, 2.24) is 0 Å². The first-order chi connectivity index (χ1) is 7.74. The summed E-state index contributed by atoms with van der Waals surface area (Å²) in [4.78, 5) is 20.2. The van der Waals surface area contributed by atoms with E-state index in [0.717, 1.165) is 19.1 Å². The zero-order valence-electron chi connectivity index (χ0n) is 8.88. The van der Waals surface area contributed by atoms with Crippen LogP contribution in [0.4, 0.5) is 10.1 Å². The van der Waals surface area contributed by atoms with Crippen LogP contribution >= 0.6 is 0 Å². The molecule has 1 rings (SSSR count). The Kier molecular flexibility index (Phi) is 3.42. The Labute approximate surface area is 95.5 Å². The predicted molar refractivity (Wildman–Crippen MR) is 55.0 cm³/mol. The van der Waals surface area contributed by atoms with Crippen LogP contribution in [0.1, 0.15) is 12.5 Å². The molecule has 7 heteroatoms. The van der Waals surface area contributed by atoms with Gasteiger partial charge in [0.15, 0.2) is 5.60 Å². The number of hydrogen-bond donors (Lipinski definition) is 2. The first kappa shape index (κ1) is 13.0. The van der Waals surface area contributed by atoms with Gasteiger partial charge in [0.25, 0.3) is 5.69 Å². The van der Waals surface area contributed by atoms with E-state index in [4.69, 9.17) is 5.11 Å². The van der Waals surface area contributed by atoms with Crippen molar-refractivity contribution in [3.05, 3.63) is 39.7 Å². The lowest BCUT2D eigenvalue weighted by molar-refractivity contribution is -0.385. The van der Waals surface area contributed by atoms with E-state index < -0.39 is 34.4 Å². The number of halogens is 1. The van der Waals surface area contributed by atoms with Gasteiger partial charge in [-0.15, -0.1) is 0 Å². The van der Waals surface area contributed by atoms with Gasteiger partial charge in [0, 0.05) is 12.5 Å². The molecule has 0 aromatic heterocycles. The molecule has 0 aliphatic heterocycles. The summed E-state index contributed by atoms with van der Waals surface area (Å²) >= 11 is 0. The summed E-state index contributed by atoms with van der Waals surface area (Å²) < 4.78 is 13.4. The topological polar surface area (TPSA) is 101 Å². The average molecular weight is 243 g/mol. The number of nitro benzene ring substituents is 1. The fraction of sp³-hybridized carbons (Fsp3) is 0.300. The van der Waals surface area contributed by atoms with Gasteiger partial charge < -0.3 is 10.2 Å². The number of benzene rings is 1. The predicted octanol–water partition coefficient (Wildman–Crippen LogP) is 1.11. The quantitative estimate of drug-likeness (QED) is 0.609. The van der Waals surface area contributed by atoms with Crippen molar-refractivity contribution in [1.29, 1.82) is 0 Å². The Morgan fingerprint density at radius 1 is 1.59 bits per heavy atom. The van der Waals surface area contributed by atoms with Crippen molar-refractivity contribution in [2.45, 2.75) is 18.9 Å². The lowest BCUT2D eigenvalue weighted by atomic mass is 9.96. The molecular weight excluding hydrogens is 233 g/mol. The maximum atomic E-state index is 13.4. The molecule has 0 aliphatic carbocycles. The Hall–Kier alpha value is -2.02. The lowest BCUT2D eigenvalue weighted by Gasteiger charge is -2.17. The second-order valence-electron chi connectivity index (χ2n) is 3.79. The van der Waals surface area contributed by atoms with Crippen LogP contribution in [0.2, 0.25) is 0 Å². The summed E-state index contributed by atoms with van der Waals surface area (Å²) in [6, 6.07) is 2.83. The third-order valence-electron chi connectivity index (χ3n) is 2.24. The van der Waals surface area contributed by atoms with Gasteiger partial charge in [-0.3, -0.25) is 10.1 Å². The molecule has 92 valence electrons. The molecule has 17 heavy (non-hydrogen) atoms. The maximum Gasteiger partial charge on any atom is 0.335 e. The highest BCUT2D eigenvalue weighted by Crippen LogP contribution is 2.20. The summed E-state index contributed by atoms with van der Waals surface area (Å²) in [5, 5.41) is 28.5. The molecule has 0 radical (unpaired) electrons. The SMILES string of the molecule is CC(O)(Cc1ccc([N+](=O)[O-])cc1F)C(=O)O. The molecule has 1 atom stereocenters. The molecule has 0 saturated heterocycles. The first-order valence-corrected chi connectivity index (χ1v) is 4.62. The standard InChI is InChI=1S/C10H10FNO5/c1-10(15,9(13)14)5-6-2-3-7(12(16)17)4-8(6)11/h2-4,15H,5H2,1H3,(H,13,14). The molecule has 0 amide bonds. The van der Waals surface area contributed by atoms with Crippen LogP contribution in [0.15, 0.2) is 18.2 Å². The molecule has 0 heterocycles. The summed E-state index contributed by atoms with van der Waals surface area (Å²) in [5.74, 6) is -2.41. The van der Waals surface area contributed by atoms with Crippen LogP contribution in [-0.2, 0) is 11.2 Å². The number of carboxylic acid groups (broad SMARTS) is 1. The number of hydrogen-bond acceptors (Lipinski definition) is 4. The molecule has 1 unspecified atom stereocenters. The van der Waals surface area contributed by atoms with Gasteiger partial charge in [-0.05, 0) is 18.6 Å². The van der Waals surface area contributed by atoms with E-state index in [1.54, 1.807) is 0 Å². The Balaban J connectivity index is 3.02. The average Bonchev–Trinajstić information content (AvgIpc) is 2.20. The number of aliphatic hydroxyl groups is 1. The normalized spacial score (nSPS) is 14.1. The van der Waals surface area contributed by atoms with Crippen molar-refractivity contribution < 1.29 is 24.3 Å². The Bertz CT molecular complexity index is 472. The largest absolute Gasteiger partial charge is 0.479 e. The van der Waals surface area contributed by atoms with E-state index in [2.05, 4.69) is 0 Å². The summed E-state index contributed by atoms with van der Waals surface area (Å²) in [6.07, 6.45) is -0.466. The molecule has 0 aliphatic rings. The van der Waals surface area contributed by atoms with Crippen LogP contribution in [0.3, 0.4) is 0 Å². The van der Waals surface area contributed by atoms with E-state index in [-0.39, 0.29) is 5.56 Å². The van der Waals surface area contributed by atoms with Crippen molar-refractivity contribution in [2.24, 2.45) is 0 Å². The van der Waals surface area contributed by atoms with Crippen molar-refractivity contribution >= 4 is 11.7 Å². The minimum Gasteiger partial charge on any atom is -0.479 e. The Morgan fingerprint density at radius 3 is 2.59 bits per heavy atom. The van der Waals surface area contributed by atoms with Gasteiger partial charge in [-0.25, -0.2) is 9.18 Å². The highest BCUT2D eigenvalue weighted by atomic mass is 19.1. The Morgan fingerprint density at radius 2 is 2.18 bits per heavy atom. The molecule has 0 fully saturated rings. The summed E-state index contributed by atoms with van der Waals surface area (Å²) in [5.41, 5.74) is -2.64. The second kappa shape index (κ2) is 4.46. The van der Waals surface area contributed by atoms with Crippen molar-refractivity contribution in [3.63, 3.8) is 0 Å². The zero-order chi connectivity index (χ0) is 13.2. The molecule has 0 saturated carbocycles. The van der Waals surface area contributed by atoms with Crippen LogP contribution in [0, 0.1) is 15.9 Å². The third-order valence-corrected chi connectivity index (χ3v) is 2.24. The minimum absolute atomic E-state index is 0.0944. The lowest BCUT2D eigenvalue weighted by Crippen LogP contribution is -2.37. The number of carbonyl (C=O) groups is 1. The number of nitrogens with zero attached hydrogens (tertiary/aromatic N) is 1. The fourth-order valence-corrected chi connectivity index (χ4v) is 1.24. The van der Waals surface area contributed by atoms with Gasteiger partial charge in [-0.1, -0.05) is 0 Å². The number of rotatable bonds is 4. The summed E-state index contributed by atoms with van der Waals surface area (Å²) in [7, 11) is 0. The van der Waals surface area contributed by atoms with E-state index in [9.17, 15) is 24.4 Å². The van der Waals surface area contributed by atoms with Crippen LogP contribution in [0.25, 0.3) is 0 Å². The molecule has 2 N–H and O–H groups in total. The third kappa shape index (κ3) is 2.97. The molecule has 1 aromatic carbocycles. The van der Waals surface area contributed by atoms with Crippen LogP contribution < -0.4 is 0 Å². The molecule has 6 nitrogen and oxygen atoms in total. The van der Waals surface area contributed by atoms with Crippen LogP contribution in [0.5, 0.6) is 0 Å². The smallest absolute Gasteiger partial charge is 0.335 e. The highest BCUT2D eigenvalue weighted by molar-refractivity contribution is 5.77. The van der Waals surface area contributed by atoms with Gasteiger partial charge >= 0.3 is 5.97 Å². The zero-order valence-corrected chi connectivity index (χ0v) is 8.88. The van der Waals surface area contributed by atoms with E-state index in [0.29, 0.717) is 6.07 Å². The summed E-state index contributed by atoms with van der Waals surface area (Å²) in [6.45, 7) is 1.02. The molecule has 0 bridgehead atoms. The molecular formula is C10H10FNO5. The number of non-ortho nitro benzene ring substituents is 1. The highest BCUT2D eigenvalue weighted by Gasteiger charge is 2.31. The van der Waals surface area contributed by atoms with E-state index >= 15 is 0 Å². The van der Waals surface area contributed by atoms with Crippen molar-refractivity contribution in [3.8, 4) is 0 Å². The number of aliphatic carboxylic acids is 1. The van der Waals surface area contributed by atoms with Gasteiger partial charge in [0.1, 0.15) is 5.82 Å². The van der Waals surface area contributed by atoms with Gasteiger partial charge in [-0.2, -0.15) is 0 Å². The maximum absolute atomic E-state index is 13.4. The van der Waals surface area contributed by atoms with Gasteiger partial charge in [0.05, 0.1) is 11.0 Å². The fourth-order valence-electron chi connectivity index (χ4n) is 1.24. The number of carboxylic acids is 1. The second-order valence-corrected chi connectivity index (χ2v) is 3.79.